The smallest absolute Gasteiger partial charge is 0.207 e. The van der Waals surface area contributed by atoms with Crippen molar-refractivity contribution in [3.8, 4) is 22.5 Å². The average Bonchev–Trinajstić information content (AvgIpc) is 4.16. The minimum atomic E-state index is -0.776. The summed E-state index contributed by atoms with van der Waals surface area (Å²) in [6.07, 6.45) is 7.62. The number of fused-ring (bicyclic) bond motifs is 4. The van der Waals surface area contributed by atoms with Gasteiger partial charge in [-0.05, 0) is 126 Å². The number of hydrogen-bond donors (Lipinski definition) is 2. The van der Waals surface area contributed by atoms with E-state index in [0.717, 1.165) is 67.3 Å². The van der Waals surface area contributed by atoms with Crippen molar-refractivity contribution < 1.29 is 4.74 Å². The van der Waals surface area contributed by atoms with Gasteiger partial charge < -0.3 is 13.9 Å². The van der Waals surface area contributed by atoms with Gasteiger partial charge in [0.2, 0.25) is 11.6 Å². The second kappa shape index (κ2) is 18.5. The van der Waals surface area contributed by atoms with Crippen molar-refractivity contribution in [2.24, 2.45) is 14.1 Å². The fourth-order valence-electron chi connectivity index (χ4n) is 9.85. The number of benzene rings is 6. The van der Waals surface area contributed by atoms with Gasteiger partial charge in [0.25, 0.3) is 0 Å². The maximum atomic E-state index is 7.14. The molecule has 0 saturated heterocycles. The van der Waals surface area contributed by atoms with Crippen molar-refractivity contribution in [1.29, 1.82) is 0 Å². The summed E-state index contributed by atoms with van der Waals surface area (Å²) in [6.45, 7) is 4.51. The molecule has 0 aliphatic rings. The molecule has 0 aliphatic heterocycles. The molecule has 6 aromatic carbocycles. The van der Waals surface area contributed by atoms with Gasteiger partial charge in [-0.15, -0.1) is 20.4 Å². The Kier molecular flexibility index (Phi) is 12.2. The van der Waals surface area contributed by atoms with Crippen LogP contribution in [-0.2, 0) is 31.7 Å². The lowest BCUT2D eigenvalue weighted by Crippen LogP contribution is -2.17. The van der Waals surface area contributed by atoms with Gasteiger partial charge in [0.1, 0.15) is 12.2 Å². The summed E-state index contributed by atoms with van der Waals surface area (Å²) in [5.74, 6) is 0.738. The molecule has 0 aliphatic carbocycles. The van der Waals surface area contributed by atoms with Crippen LogP contribution in [0.4, 0.5) is 0 Å². The van der Waals surface area contributed by atoms with Crippen LogP contribution in [0.3, 0.4) is 0 Å². The fourth-order valence-corrected chi connectivity index (χ4v) is 11.3. The lowest BCUT2D eigenvalue weighted by Gasteiger charge is -2.24. The Balaban J connectivity index is 1.02. The second-order valence-electron chi connectivity index (χ2n) is 17.0. The fraction of sp³-hybridized carbons (Fsp3) is 0.269. The number of aromatic nitrogens is 10. The molecular weight excluding hydrogens is 940 g/mol. The highest BCUT2D eigenvalue weighted by atomic mass is 79.9. The van der Waals surface area contributed by atoms with E-state index < -0.39 is 12.2 Å². The Morgan fingerprint density at radius 3 is 1.40 bits per heavy atom. The Morgan fingerprint density at radius 2 is 0.985 bits per heavy atom. The third kappa shape index (κ3) is 7.87. The number of unbranched alkanes of at least 4 members (excludes halogenated alkanes) is 4. The number of aromatic amines is 2. The second-order valence-corrected chi connectivity index (χ2v) is 18.6. The molecule has 2 unspecified atom stereocenters. The first-order valence-corrected chi connectivity index (χ1v) is 24.1. The van der Waals surface area contributed by atoms with E-state index in [1.54, 1.807) is 0 Å². The number of nitrogens with zero attached hydrogens (tertiary/aromatic N) is 8. The maximum Gasteiger partial charge on any atom is 0.207 e. The summed E-state index contributed by atoms with van der Waals surface area (Å²) >= 11 is 8.04. The van der Waals surface area contributed by atoms with Crippen molar-refractivity contribution >= 4 is 75.2 Å². The molecular formula is C52H50Br2N10O. The Hall–Kier alpha value is -6.02. The summed E-state index contributed by atoms with van der Waals surface area (Å²) in [4.78, 5) is 0. The topological polar surface area (TPSA) is 128 Å². The molecule has 0 saturated carbocycles. The Bertz CT molecular complexity index is 3080. The van der Waals surface area contributed by atoms with Gasteiger partial charge >= 0.3 is 0 Å². The first kappa shape index (κ1) is 42.9. The normalized spacial score (nSPS) is 12.9. The van der Waals surface area contributed by atoms with Crippen LogP contribution >= 0.6 is 31.9 Å². The highest BCUT2D eigenvalue weighted by Gasteiger charge is 2.32. The number of H-pyrrole nitrogens is 2. The van der Waals surface area contributed by atoms with E-state index in [2.05, 4.69) is 219 Å². The summed E-state index contributed by atoms with van der Waals surface area (Å²) in [5, 5.41) is 37.9. The van der Waals surface area contributed by atoms with Crippen molar-refractivity contribution in [2.75, 3.05) is 0 Å². The van der Waals surface area contributed by atoms with Crippen LogP contribution in [0.25, 0.3) is 65.9 Å². The van der Waals surface area contributed by atoms with Crippen molar-refractivity contribution in [1.82, 2.24) is 50.4 Å². The van der Waals surface area contributed by atoms with E-state index in [1.165, 1.54) is 81.1 Å². The summed E-state index contributed by atoms with van der Waals surface area (Å²) in [7, 11) is 4.36. The molecule has 2 N–H and O–H groups in total. The van der Waals surface area contributed by atoms with Gasteiger partial charge in [-0.2, -0.15) is 10.4 Å². The zero-order chi connectivity index (χ0) is 44.6. The predicted octanol–water partition coefficient (Wildman–Crippen LogP) is 13.2. The number of nitrogens with one attached hydrogen (secondary N) is 2. The van der Waals surface area contributed by atoms with Crippen LogP contribution in [0.2, 0.25) is 0 Å². The van der Waals surface area contributed by atoms with Gasteiger partial charge in [-0.25, -0.2) is 0 Å². The summed E-state index contributed by atoms with van der Waals surface area (Å²) in [6, 6.07) is 39.4. The van der Waals surface area contributed by atoms with Crippen molar-refractivity contribution in [3.05, 3.63) is 152 Å². The molecule has 0 fully saturated rings. The minimum absolute atomic E-state index is 0.369. The third-order valence-corrected chi connectivity index (χ3v) is 14.8. The summed E-state index contributed by atoms with van der Waals surface area (Å²) < 4.78 is 13.6. The van der Waals surface area contributed by atoms with Crippen LogP contribution in [0.15, 0.2) is 118 Å². The first-order chi connectivity index (χ1) is 31.9. The molecule has 0 amide bonds. The minimum Gasteiger partial charge on any atom is -0.349 e. The van der Waals surface area contributed by atoms with Crippen molar-refractivity contribution in [3.63, 3.8) is 0 Å². The summed E-state index contributed by atoms with van der Waals surface area (Å²) in [5.41, 5.74) is 11.9. The van der Waals surface area contributed by atoms with Crippen LogP contribution < -0.4 is 0 Å². The number of para-hydroxylation sites is 2. The zero-order valence-corrected chi connectivity index (χ0v) is 40.1. The molecule has 65 heavy (non-hydrogen) atoms. The molecule has 13 heteroatoms. The van der Waals surface area contributed by atoms with Gasteiger partial charge in [-0.3, -0.25) is 0 Å². The highest BCUT2D eigenvalue weighted by molar-refractivity contribution is 9.11. The molecule has 2 atom stereocenters. The molecule has 0 bridgehead atoms. The van der Waals surface area contributed by atoms with Crippen LogP contribution in [-0.4, -0.2) is 50.4 Å². The zero-order valence-electron chi connectivity index (χ0n) is 36.9. The lowest BCUT2D eigenvalue weighted by atomic mass is 9.96. The number of tetrazole rings is 2. The lowest BCUT2D eigenvalue weighted by molar-refractivity contribution is 0.0206. The van der Waals surface area contributed by atoms with E-state index >= 15 is 0 Å². The van der Waals surface area contributed by atoms with Crippen molar-refractivity contribution in [2.45, 2.75) is 77.4 Å². The molecule has 0 radical (unpaired) electrons. The quantitative estimate of drug-likeness (QED) is 0.0923. The van der Waals surface area contributed by atoms with E-state index in [4.69, 9.17) is 4.74 Å². The van der Waals surface area contributed by atoms with Crippen LogP contribution in [0.1, 0.15) is 98.5 Å². The van der Waals surface area contributed by atoms with E-state index in [9.17, 15) is 0 Å². The van der Waals surface area contributed by atoms with Gasteiger partial charge in [-0.1, -0.05) is 135 Å². The number of aryl methyl sites for hydroxylation is 4. The molecule has 4 heterocycles. The predicted molar refractivity (Wildman–Crippen MR) is 267 cm³/mol. The maximum absolute atomic E-state index is 7.14. The largest absolute Gasteiger partial charge is 0.349 e. The van der Waals surface area contributed by atoms with E-state index in [0.29, 0.717) is 11.6 Å². The number of ether oxygens (including phenoxy) is 1. The van der Waals surface area contributed by atoms with Crippen LogP contribution in [0, 0.1) is 0 Å². The average molecular weight is 991 g/mol. The van der Waals surface area contributed by atoms with Crippen LogP contribution in [0.5, 0.6) is 0 Å². The number of halogens is 2. The first-order valence-electron chi connectivity index (χ1n) is 22.6. The van der Waals surface area contributed by atoms with Gasteiger partial charge in [0, 0.05) is 56.0 Å². The molecule has 0 spiro atoms. The molecule has 11 nitrogen and oxygen atoms in total. The standard InChI is InChI=1S/C52H50Br2N10O/c1-5-7-9-17-39-37-15-11-13-19-43(37)63(3)47(39)33-23-25-35-31(29-33)21-27-41(45(35)53)49(51-55-59-60-56-51)65-50(52-57-61-62-58-52)42-28-22-32-30-34(24-26-36(32)46(42)54)48-40(18-10-8-6-2)38-16-12-14-20-44(38)64(48)4/h11-16,19-30,49-50H,5-10,17-18H2,1-4H3,(H,55,56,59,60)(H,57,58,61,62). The third-order valence-electron chi connectivity index (χ3n) is 13.0. The van der Waals surface area contributed by atoms with E-state index in [-0.39, 0.29) is 0 Å². The SMILES string of the molecule is CCCCCc1c(-c2ccc3c(Br)c(C(OC(c4nn[nH]n4)c4ccc5cc(-c6c(CCCCC)c7ccccc7n6C)ccc5c4Br)c4nn[nH]n4)ccc3c2)n(C)c2ccccc12. The molecule has 10 aromatic rings. The van der Waals surface area contributed by atoms with E-state index in [1.807, 2.05) is 0 Å². The molecule has 4 aromatic heterocycles. The molecule has 10 rings (SSSR count). The van der Waals surface area contributed by atoms with Gasteiger partial charge in [0.05, 0.1) is 11.4 Å². The van der Waals surface area contributed by atoms with Gasteiger partial charge in [0.15, 0.2) is 0 Å². The monoisotopic (exact) mass is 988 g/mol. The highest BCUT2D eigenvalue weighted by Crippen LogP contribution is 2.44. The number of rotatable bonds is 16. The Morgan fingerprint density at radius 1 is 0.538 bits per heavy atom. The Labute approximate surface area is 394 Å². The molecule has 328 valence electrons. The number of hydrogen-bond acceptors (Lipinski definition) is 7.